The molecule has 0 spiro atoms. The van der Waals surface area contributed by atoms with Gasteiger partial charge in [-0.2, -0.15) is 0 Å². The molecule has 0 saturated carbocycles. The van der Waals surface area contributed by atoms with E-state index in [1.807, 2.05) is 62.5 Å². The van der Waals surface area contributed by atoms with Gasteiger partial charge in [-0.05, 0) is 25.5 Å². The van der Waals surface area contributed by atoms with Crippen LogP contribution in [0.2, 0.25) is 0 Å². The van der Waals surface area contributed by atoms with Crippen LogP contribution in [-0.2, 0) is 0 Å². The summed E-state index contributed by atoms with van der Waals surface area (Å²) in [6.07, 6.45) is 1.84. The first-order valence-corrected chi connectivity index (χ1v) is 5.43. The first-order chi connectivity index (χ1) is 7.70. The van der Waals surface area contributed by atoms with Gasteiger partial charge >= 0.3 is 0 Å². The van der Waals surface area contributed by atoms with Crippen molar-refractivity contribution in [1.82, 2.24) is 4.57 Å². The van der Waals surface area contributed by atoms with Gasteiger partial charge in [-0.3, -0.25) is 4.79 Å². The van der Waals surface area contributed by atoms with Gasteiger partial charge in [0, 0.05) is 11.8 Å². The lowest BCUT2D eigenvalue weighted by molar-refractivity contribution is 0.611. The predicted molar refractivity (Wildman–Crippen MR) is 65.7 cm³/mol. The highest BCUT2D eigenvalue weighted by atomic mass is 16.1. The Kier molecular flexibility index (Phi) is 2.91. The lowest BCUT2D eigenvalue weighted by atomic mass is 10.1. The van der Waals surface area contributed by atoms with E-state index in [-0.39, 0.29) is 11.6 Å². The molecule has 1 atom stereocenters. The van der Waals surface area contributed by atoms with E-state index in [1.54, 1.807) is 4.57 Å². The van der Waals surface area contributed by atoms with Crippen molar-refractivity contribution in [3.05, 3.63) is 70.1 Å². The van der Waals surface area contributed by atoms with Gasteiger partial charge in [0.1, 0.15) is 0 Å². The molecule has 1 aromatic heterocycles. The number of hydrogen-bond donors (Lipinski definition) is 0. The number of pyridine rings is 1. The fourth-order valence-electron chi connectivity index (χ4n) is 1.82. The molecule has 82 valence electrons. The second-order valence-corrected chi connectivity index (χ2v) is 3.99. The van der Waals surface area contributed by atoms with Gasteiger partial charge in [0.15, 0.2) is 0 Å². The zero-order chi connectivity index (χ0) is 11.5. The van der Waals surface area contributed by atoms with Crippen molar-refractivity contribution in [3.63, 3.8) is 0 Å². The van der Waals surface area contributed by atoms with E-state index >= 15 is 0 Å². The highest BCUT2D eigenvalue weighted by Gasteiger charge is 2.08. The summed E-state index contributed by atoms with van der Waals surface area (Å²) in [5, 5.41) is 0. The third kappa shape index (κ3) is 1.91. The summed E-state index contributed by atoms with van der Waals surface area (Å²) in [5.74, 6) is 0. The van der Waals surface area contributed by atoms with Crippen LogP contribution in [0.5, 0.6) is 0 Å². The van der Waals surface area contributed by atoms with Crippen LogP contribution in [-0.4, -0.2) is 4.57 Å². The first kappa shape index (κ1) is 10.7. The predicted octanol–water partition coefficient (Wildman–Crippen LogP) is 2.77. The zero-order valence-corrected chi connectivity index (χ0v) is 9.55. The van der Waals surface area contributed by atoms with E-state index in [1.165, 1.54) is 0 Å². The van der Waals surface area contributed by atoms with Gasteiger partial charge in [-0.15, -0.1) is 0 Å². The second-order valence-electron chi connectivity index (χ2n) is 3.99. The molecule has 2 heteroatoms. The van der Waals surface area contributed by atoms with Gasteiger partial charge in [-0.25, -0.2) is 0 Å². The van der Waals surface area contributed by atoms with E-state index in [0.717, 1.165) is 11.1 Å². The van der Waals surface area contributed by atoms with Gasteiger partial charge < -0.3 is 4.57 Å². The van der Waals surface area contributed by atoms with Crippen LogP contribution in [0, 0.1) is 6.92 Å². The molecule has 0 bridgehead atoms. The summed E-state index contributed by atoms with van der Waals surface area (Å²) < 4.78 is 1.77. The Morgan fingerprint density at radius 3 is 2.44 bits per heavy atom. The molecule has 0 aliphatic heterocycles. The molecule has 0 radical (unpaired) electrons. The van der Waals surface area contributed by atoms with Gasteiger partial charge in [0.2, 0.25) is 0 Å². The fraction of sp³-hybridized carbons (Fsp3) is 0.214. The summed E-state index contributed by atoms with van der Waals surface area (Å²) in [6.45, 7) is 3.88. The standard InChI is InChI=1S/C14H15NO/c1-11-7-6-10-15(14(11)16)12(2)13-8-4-3-5-9-13/h3-10,12H,1-2H3/t12-/m1/s1. The molecule has 0 N–H and O–H groups in total. The minimum absolute atomic E-state index is 0.0774. The molecular formula is C14H15NO. The van der Waals surface area contributed by atoms with Crippen molar-refractivity contribution in [2.45, 2.75) is 19.9 Å². The highest BCUT2D eigenvalue weighted by molar-refractivity contribution is 5.20. The van der Waals surface area contributed by atoms with Crippen molar-refractivity contribution in [3.8, 4) is 0 Å². The Balaban J connectivity index is 2.46. The Hall–Kier alpha value is -1.83. The van der Waals surface area contributed by atoms with Gasteiger partial charge in [-0.1, -0.05) is 36.4 Å². The van der Waals surface area contributed by atoms with Crippen molar-refractivity contribution in [2.24, 2.45) is 0 Å². The molecule has 2 aromatic rings. The minimum atomic E-state index is 0.0774. The number of aryl methyl sites for hydroxylation is 1. The van der Waals surface area contributed by atoms with Crippen LogP contribution >= 0.6 is 0 Å². The van der Waals surface area contributed by atoms with Crippen molar-refractivity contribution >= 4 is 0 Å². The molecule has 1 aromatic carbocycles. The van der Waals surface area contributed by atoms with E-state index in [0.29, 0.717) is 0 Å². The summed E-state index contributed by atoms with van der Waals surface area (Å²) >= 11 is 0. The number of aromatic nitrogens is 1. The Labute approximate surface area is 95.2 Å². The van der Waals surface area contributed by atoms with Crippen molar-refractivity contribution < 1.29 is 0 Å². The monoisotopic (exact) mass is 213 g/mol. The molecule has 0 saturated heterocycles. The molecule has 0 aliphatic rings. The van der Waals surface area contributed by atoms with Crippen LogP contribution in [0.15, 0.2) is 53.5 Å². The fourth-order valence-corrected chi connectivity index (χ4v) is 1.82. The van der Waals surface area contributed by atoms with Crippen LogP contribution in [0.3, 0.4) is 0 Å². The average Bonchev–Trinajstić information content (AvgIpc) is 2.33. The summed E-state index contributed by atoms with van der Waals surface area (Å²) in [7, 11) is 0. The summed E-state index contributed by atoms with van der Waals surface area (Å²) in [4.78, 5) is 11.9. The quantitative estimate of drug-likeness (QED) is 0.751. The first-order valence-electron chi connectivity index (χ1n) is 5.43. The van der Waals surface area contributed by atoms with Crippen molar-refractivity contribution in [2.75, 3.05) is 0 Å². The van der Waals surface area contributed by atoms with Crippen LogP contribution in [0.1, 0.15) is 24.1 Å². The molecule has 0 unspecified atom stereocenters. The maximum Gasteiger partial charge on any atom is 0.254 e. The second kappa shape index (κ2) is 4.35. The highest BCUT2D eigenvalue weighted by Crippen LogP contribution is 2.15. The topological polar surface area (TPSA) is 22.0 Å². The molecule has 0 fully saturated rings. The molecule has 2 rings (SSSR count). The number of benzene rings is 1. The SMILES string of the molecule is Cc1cccn([C@H](C)c2ccccc2)c1=O. The normalized spacial score (nSPS) is 12.4. The Morgan fingerprint density at radius 1 is 1.06 bits per heavy atom. The maximum atomic E-state index is 11.9. The zero-order valence-electron chi connectivity index (χ0n) is 9.55. The molecule has 1 heterocycles. The van der Waals surface area contributed by atoms with Gasteiger partial charge in [0.05, 0.1) is 6.04 Å². The molecule has 0 amide bonds. The van der Waals surface area contributed by atoms with Crippen LogP contribution in [0.4, 0.5) is 0 Å². The smallest absolute Gasteiger partial charge is 0.254 e. The number of nitrogens with zero attached hydrogens (tertiary/aromatic N) is 1. The van der Waals surface area contributed by atoms with Crippen LogP contribution in [0.25, 0.3) is 0 Å². The van der Waals surface area contributed by atoms with Gasteiger partial charge in [0.25, 0.3) is 5.56 Å². The Morgan fingerprint density at radius 2 is 1.75 bits per heavy atom. The van der Waals surface area contributed by atoms with E-state index in [4.69, 9.17) is 0 Å². The van der Waals surface area contributed by atoms with E-state index in [9.17, 15) is 4.79 Å². The molecule has 16 heavy (non-hydrogen) atoms. The third-order valence-corrected chi connectivity index (χ3v) is 2.86. The average molecular weight is 213 g/mol. The summed E-state index contributed by atoms with van der Waals surface area (Å²) in [5.41, 5.74) is 2.01. The maximum absolute atomic E-state index is 11.9. The largest absolute Gasteiger partial charge is 0.308 e. The molecule has 0 aliphatic carbocycles. The molecule has 2 nitrogen and oxygen atoms in total. The lowest BCUT2D eigenvalue weighted by Gasteiger charge is -2.15. The Bertz CT molecular complexity index is 528. The number of hydrogen-bond acceptors (Lipinski definition) is 1. The van der Waals surface area contributed by atoms with E-state index in [2.05, 4.69) is 0 Å². The lowest BCUT2D eigenvalue weighted by Crippen LogP contribution is -2.24. The summed E-state index contributed by atoms with van der Waals surface area (Å²) in [6, 6.07) is 13.9. The van der Waals surface area contributed by atoms with Crippen molar-refractivity contribution in [1.29, 1.82) is 0 Å². The van der Waals surface area contributed by atoms with Crippen LogP contribution < -0.4 is 5.56 Å². The third-order valence-electron chi connectivity index (χ3n) is 2.86. The van der Waals surface area contributed by atoms with E-state index < -0.39 is 0 Å². The minimum Gasteiger partial charge on any atom is -0.308 e. The number of rotatable bonds is 2. The molecular weight excluding hydrogens is 198 g/mol.